The molecule has 0 saturated carbocycles. The molecule has 146 valence electrons. The van der Waals surface area contributed by atoms with Gasteiger partial charge in [0.1, 0.15) is 18.9 Å². The molecule has 0 aromatic heterocycles. The molecule has 2 aliphatic heterocycles. The minimum Gasteiger partial charge on any atom is -0.487 e. The third-order valence-electron chi connectivity index (χ3n) is 4.26. The molecular formula is C17H19FN2O6S. The summed E-state index contributed by atoms with van der Waals surface area (Å²) in [5.74, 6) is -1.61. The normalized spacial score (nSPS) is 21.7. The smallest absolute Gasteiger partial charge is 0.354 e. The Morgan fingerprint density at radius 1 is 1.26 bits per heavy atom. The van der Waals surface area contributed by atoms with E-state index in [2.05, 4.69) is 5.10 Å². The van der Waals surface area contributed by atoms with Crippen molar-refractivity contribution in [3.8, 4) is 5.75 Å². The number of ether oxygens (including phenoxy) is 2. The van der Waals surface area contributed by atoms with Gasteiger partial charge in [-0.05, 0) is 18.6 Å². The van der Waals surface area contributed by atoms with Gasteiger partial charge in [0, 0.05) is 12.8 Å². The van der Waals surface area contributed by atoms with E-state index in [4.69, 9.17) is 9.47 Å². The van der Waals surface area contributed by atoms with Gasteiger partial charge in [-0.15, -0.1) is 0 Å². The minimum absolute atomic E-state index is 0.00410. The molecule has 2 aliphatic rings. The molecule has 27 heavy (non-hydrogen) atoms. The maximum Gasteiger partial charge on any atom is 0.354 e. The number of rotatable bonds is 6. The van der Waals surface area contributed by atoms with Crippen molar-refractivity contribution in [2.45, 2.75) is 25.3 Å². The van der Waals surface area contributed by atoms with Gasteiger partial charge >= 0.3 is 5.97 Å². The molecule has 2 heterocycles. The van der Waals surface area contributed by atoms with Gasteiger partial charge in [0.2, 0.25) is 5.91 Å². The van der Waals surface area contributed by atoms with Crippen molar-refractivity contribution in [2.75, 3.05) is 24.7 Å². The number of halogens is 1. The van der Waals surface area contributed by atoms with E-state index < -0.39 is 27.7 Å². The van der Waals surface area contributed by atoms with Crippen LogP contribution in [0.5, 0.6) is 5.75 Å². The summed E-state index contributed by atoms with van der Waals surface area (Å²) in [6.45, 7) is -0.151. The van der Waals surface area contributed by atoms with Gasteiger partial charge in [-0.3, -0.25) is 4.79 Å². The van der Waals surface area contributed by atoms with Crippen LogP contribution in [0.25, 0.3) is 0 Å². The number of hydrogen-bond donors (Lipinski definition) is 0. The van der Waals surface area contributed by atoms with E-state index in [-0.39, 0.29) is 54.9 Å². The van der Waals surface area contributed by atoms with Gasteiger partial charge < -0.3 is 9.47 Å². The minimum atomic E-state index is -3.18. The Hall–Kier alpha value is -2.49. The largest absolute Gasteiger partial charge is 0.487 e. The van der Waals surface area contributed by atoms with Crippen molar-refractivity contribution in [3.63, 3.8) is 0 Å². The van der Waals surface area contributed by atoms with Crippen molar-refractivity contribution >= 4 is 27.4 Å². The second-order valence-electron chi connectivity index (χ2n) is 6.26. The average molecular weight is 398 g/mol. The number of carbonyl (C=O) groups excluding carboxylic acids is 2. The van der Waals surface area contributed by atoms with Crippen LogP contribution >= 0.6 is 0 Å². The van der Waals surface area contributed by atoms with Gasteiger partial charge in [-0.2, -0.15) is 5.10 Å². The van der Waals surface area contributed by atoms with Gasteiger partial charge in [0.05, 0.1) is 17.5 Å². The van der Waals surface area contributed by atoms with Gasteiger partial charge in [-0.25, -0.2) is 22.6 Å². The standard InChI is InChI=1S/C17H19FN2O6S/c18-13-3-1-2-4-15(13)25-8-9-26-17(22)14-5-6-16(21)20(19-14)12-7-10-27(23,24)11-12/h1-4,12H,5-11H2/t12-/m1/s1. The van der Waals surface area contributed by atoms with Crippen molar-refractivity contribution in [1.29, 1.82) is 0 Å². The van der Waals surface area contributed by atoms with Crippen LogP contribution in [-0.4, -0.2) is 61.8 Å². The van der Waals surface area contributed by atoms with Gasteiger partial charge in [0.15, 0.2) is 21.4 Å². The number of carbonyl (C=O) groups is 2. The lowest BCUT2D eigenvalue weighted by Gasteiger charge is -2.27. The maximum absolute atomic E-state index is 13.4. The summed E-state index contributed by atoms with van der Waals surface area (Å²) in [6, 6.07) is 5.33. The van der Waals surface area contributed by atoms with E-state index in [1.165, 1.54) is 18.2 Å². The van der Waals surface area contributed by atoms with E-state index in [1.807, 2.05) is 0 Å². The molecule has 0 unspecified atom stereocenters. The first-order chi connectivity index (χ1) is 12.9. The number of sulfone groups is 1. The first kappa shape index (κ1) is 19.3. The maximum atomic E-state index is 13.4. The zero-order valence-electron chi connectivity index (χ0n) is 14.5. The number of benzene rings is 1. The Morgan fingerprint density at radius 3 is 2.74 bits per heavy atom. The molecule has 1 fully saturated rings. The van der Waals surface area contributed by atoms with E-state index in [0.717, 1.165) is 5.01 Å². The Bertz CT molecular complexity index is 870. The fourth-order valence-electron chi connectivity index (χ4n) is 2.90. The molecule has 0 radical (unpaired) electrons. The van der Waals surface area contributed by atoms with Crippen molar-refractivity contribution in [2.24, 2.45) is 5.10 Å². The number of nitrogens with zero attached hydrogens (tertiary/aromatic N) is 2. The van der Waals surface area contributed by atoms with Crippen LogP contribution in [0, 0.1) is 5.82 Å². The predicted octanol–water partition coefficient (Wildman–Crippen LogP) is 0.913. The highest BCUT2D eigenvalue weighted by Gasteiger charge is 2.37. The molecule has 1 atom stereocenters. The van der Waals surface area contributed by atoms with E-state index in [1.54, 1.807) is 6.07 Å². The summed E-state index contributed by atoms with van der Waals surface area (Å²) in [7, 11) is -3.18. The zero-order chi connectivity index (χ0) is 19.4. The van der Waals surface area contributed by atoms with E-state index >= 15 is 0 Å². The second kappa shape index (κ2) is 8.03. The van der Waals surface area contributed by atoms with Crippen molar-refractivity contribution in [3.05, 3.63) is 30.1 Å². The lowest BCUT2D eigenvalue weighted by Crippen LogP contribution is -2.42. The molecule has 1 saturated heterocycles. The molecule has 0 spiro atoms. The first-order valence-electron chi connectivity index (χ1n) is 8.50. The molecule has 0 aliphatic carbocycles. The Balaban J connectivity index is 1.53. The summed E-state index contributed by atoms with van der Waals surface area (Å²) in [5, 5.41) is 5.12. The monoisotopic (exact) mass is 398 g/mol. The summed E-state index contributed by atoms with van der Waals surface area (Å²) in [5.41, 5.74) is 0.0600. The van der Waals surface area contributed by atoms with E-state index in [0.29, 0.717) is 6.42 Å². The third kappa shape index (κ3) is 4.82. The topological polar surface area (TPSA) is 102 Å². The molecule has 1 aromatic rings. The highest BCUT2D eigenvalue weighted by Crippen LogP contribution is 2.22. The molecule has 1 aromatic carbocycles. The van der Waals surface area contributed by atoms with E-state index in [9.17, 15) is 22.4 Å². The molecule has 1 amide bonds. The van der Waals surface area contributed by atoms with Crippen LogP contribution in [0.2, 0.25) is 0 Å². The fraction of sp³-hybridized carbons (Fsp3) is 0.471. The lowest BCUT2D eigenvalue weighted by atomic mass is 10.1. The Kier molecular flexibility index (Phi) is 5.73. The quantitative estimate of drug-likeness (QED) is 0.521. The number of para-hydroxylation sites is 1. The summed E-state index contributed by atoms with van der Waals surface area (Å²) in [4.78, 5) is 24.2. The molecule has 8 nitrogen and oxygen atoms in total. The summed E-state index contributed by atoms with van der Waals surface area (Å²) in [6.07, 6.45) is 0.494. The predicted molar refractivity (Wildman–Crippen MR) is 93.4 cm³/mol. The summed E-state index contributed by atoms with van der Waals surface area (Å²) >= 11 is 0. The Labute approximate surface area is 155 Å². The number of hydrazone groups is 1. The zero-order valence-corrected chi connectivity index (χ0v) is 15.3. The number of esters is 1. The number of amides is 1. The lowest BCUT2D eigenvalue weighted by molar-refractivity contribution is -0.137. The average Bonchev–Trinajstić information content (AvgIpc) is 3.00. The van der Waals surface area contributed by atoms with Gasteiger partial charge in [0.25, 0.3) is 0 Å². The molecule has 10 heteroatoms. The SMILES string of the molecule is O=C(OCCOc1ccccc1F)C1=NN([C@@H]2CCS(=O)(=O)C2)C(=O)CC1. The van der Waals surface area contributed by atoms with Crippen LogP contribution in [-0.2, 0) is 24.2 Å². The van der Waals surface area contributed by atoms with Crippen molar-refractivity contribution < 1.29 is 31.9 Å². The number of hydrogen-bond acceptors (Lipinski definition) is 7. The molecule has 0 bridgehead atoms. The first-order valence-corrected chi connectivity index (χ1v) is 10.3. The van der Waals surface area contributed by atoms with Crippen LogP contribution in [0.3, 0.4) is 0 Å². The third-order valence-corrected chi connectivity index (χ3v) is 6.01. The van der Waals surface area contributed by atoms with Crippen molar-refractivity contribution in [1.82, 2.24) is 5.01 Å². The second-order valence-corrected chi connectivity index (χ2v) is 8.49. The van der Waals surface area contributed by atoms with Crippen LogP contribution in [0.1, 0.15) is 19.3 Å². The van der Waals surface area contributed by atoms with Crippen LogP contribution in [0.15, 0.2) is 29.4 Å². The summed E-state index contributed by atoms with van der Waals surface area (Å²) < 4.78 is 46.9. The molecule has 3 rings (SSSR count). The highest BCUT2D eigenvalue weighted by atomic mass is 32.2. The van der Waals surface area contributed by atoms with Crippen LogP contribution < -0.4 is 4.74 Å². The van der Waals surface area contributed by atoms with Gasteiger partial charge in [-0.1, -0.05) is 12.1 Å². The molecule has 0 N–H and O–H groups in total. The fourth-order valence-corrected chi connectivity index (χ4v) is 4.60. The highest BCUT2D eigenvalue weighted by molar-refractivity contribution is 7.91. The Morgan fingerprint density at radius 2 is 2.04 bits per heavy atom. The molecular weight excluding hydrogens is 379 g/mol. The van der Waals surface area contributed by atoms with Crippen LogP contribution in [0.4, 0.5) is 4.39 Å².